The van der Waals surface area contributed by atoms with Crippen molar-refractivity contribution in [3.63, 3.8) is 0 Å². The van der Waals surface area contributed by atoms with E-state index in [1.165, 1.54) is 0 Å². The van der Waals surface area contributed by atoms with Gasteiger partial charge in [0, 0.05) is 19.7 Å². The number of likely N-dealkylation sites (tertiary alicyclic amines) is 1. The molecule has 1 aliphatic rings. The molecule has 0 aromatic heterocycles. The van der Waals surface area contributed by atoms with Gasteiger partial charge in [0.05, 0.1) is 12.0 Å². The third-order valence-electron chi connectivity index (χ3n) is 3.97. The van der Waals surface area contributed by atoms with E-state index < -0.39 is 0 Å². The van der Waals surface area contributed by atoms with Crippen molar-refractivity contribution in [2.24, 2.45) is 5.84 Å². The van der Waals surface area contributed by atoms with Crippen LogP contribution in [0.25, 0.3) is 0 Å². The summed E-state index contributed by atoms with van der Waals surface area (Å²) in [7, 11) is 0. The zero-order valence-electron chi connectivity index (χ0n) is 12.6. The molecule has 1 aliphatic heterocycles. The SMILES string of the molecule is CCOC1CCCN(CC(C(=O)NN)c2ccccc2)C1. The molecule has 0 bridgehead atoms. The number of carbonyl (C=O) groups excluding carboxylic acids is 1. The Balaban J connectivity index is 2.03. The van der Waals surface area contributed by atoms with Crippen molar-refractivity contribution in [3.8, 4) is 0 Å². The van der Waals surface area contributed by atoms with Crippen molar-refractivity contribution >= 4 is 5.91 Å². The second kappa shape index (κ2) is 8.12. The van der Waals surface area contributed by atoms with Gasteiger partial charge in [-0.15, -0.1) is 0 Å². The monoisotopic (exact) mass is 291 g/mol. The van der Waals surface area contributed by atoms with Crippen LogP contribution < -0.4 is 11.3 Å². The molecule has 1 saturated heterocycles. The van der Waals surface area contributed by atoms with Gasteiger partial charge in [-0.2, -0.15) is 0 Å². The summed E-state index contributed by atoms with van der Waals surface area (Å²) in [6.07, 6.45) is 2.49. The average molecular weight is 291 g/mol. The number of piperidine rings is 1. The number of nitrogens with one attached hydrogen (secondary N) is 1. The van der Waals surface area contributed by atoms with Crippen molar-refractivity contribution in [2.75, 3.05) is 26.2 Å². The van der Waals surface area contributed by atoms with Crippen LogP contribution in [-0.4, -0.2) is 43.2 Å². The van der Waals surface area contributed by atoms with E-state index in [0.717, 1.165) is 38.1 Å². The van der Waals surface area contributed by atoms with E-state index in [1.54, 1.807) is 0 Å². The third kappa shape index (κ3) is 4.52. The molecule has 1 aromatic rings. The first-order valence-electron chi connectivity index (χ1n) is 7.64. The van der Waals surface area contributed by atoms with Gasteiger partial charge in [0.15, 0.2) is 0 Å². The van der Waals surface area contributed by atoms with Gasteiger partial charge in [-0.3, -0.25) is 15.1 Å². The summed E-state index contributed by atoms with van der Waals surface area (Å²) in [5, 5.41) is 0. The second-order valence-corrected chi connectivity index (χ2v) is 5.45. The van der Waals surface area contributed by atoms with Crippen molar-refractivity contribution in [1.82, 2.24) is 10.3 Å². The Morgan fingerprint density at radius 1 is 1.48 bits per heavy atom. The van der Waals surface area contributed by atoms with Crippen molar-refractivity contribution in [3.05, 3.63) is 35.9 Å². The number of hydrogen-bond donors (Lipinski definition) is 2. The lowest BCUT2D eigenvalue weighted by atomic mass is 9.96. The first-order chi connectivity index (χ1) is 10.2. The molecule has 1 amide bonds. The lowest BCUT2D eigenvalue weighted by Gasteiger charge is -2.34. The number of rotatable bonds is 6. The molecule has 3 N–H and O–H groups in total. The highest BCUT2D eigenvalue weighted by Gasteiger charge is 2.26. The Morgan fingerprint density at radius 2 is 2.24 bits per heavy atom. The molecule has 116 valence electrons. The quantitative estimate of drug-likeness (QED) is 0.470. The highest BCUT2D eigenvalue weighted by Crippen LogP contribution is 2.21. The number of hydrazine groups is 1. The lowest BCUT2D eigenvalue weighted by Crippen LogP contribution is -2.45. The van der Waals surface area contributed by atoms with Crippen LogP contribution in [0.4, 0.5) is 0 Å². The molecule has 0 spiro atoms. The molecule has 0 aliphatic carbocycles. The molecule has 5 nitrogen and oxygen atoms in total. The van der Waals surface area contributed by atoms with E-state index in [-0.39, 0.29) is 17.9 Å². The van der Waals surface area contributed by atoms with Crippen LogP contribution in [0, 0.1) is 0 Å². The van der Waals surface area contributed by atoms with Crippen LogP contribution >= 0.6 is 0 Å². The number of ether oxygens (including phenoxy) is 1. The third-order valence-corrected chi connectivity index (χ3v) is 3.97. The van der Waals surface area contributed by atoms with E-state index in [0.29, 0.717) is 6.54 Å². The minimum absolute atomic E-state index is 0.139. The zero-order valence-corrected chi connectivity index (χ0v) is 12.6. The van der Waals surface area contributed by atoms with Gasteiger partial charge in [0.25, 0.3) is 0 Å². The van der Waals surface area contributed by atoms with Crippen LogP contribution in [0.5, 0.6) is 0 Å². The fourth-order valence-electron chi connectivity index (χ4n) is 2.93. The Hall–Kier alpha value is -1.43. The summed E-state index contributed by atoms with van der Waals surface area (Å²) in [6.45, 7) is 5.33. The minimum Gasteiger partial charge on any atom is -0.377 e. The maximum Gasteiger partial charge on any atom is 0.242 e. The van der Waals surface area contributed by atoms with Gasteiger partial charge in [0.2, 0.25) is 5.91 Å². The smallest absolute Gasteiger partial charge is 0.242 e. The van der Waals surface area contributed by atoms with Crippen molar-refractivity contribution < 1.29 is 9.53 Å². The number of hydrogen-bond acceptors (Lipinski definition) is 4. The van der Waals surface area contributed by atoms with Gasteiger partial charge >= 0.3 is 0 Å². The molecule has 2 atom stereocenters. The predicted molar refractivity (Wildman–Crippen MR) is 82.6 cm³/mol. The van der Waals surface area contributed by atoms with Gasteiger partial charge in [-0.25, -0.2) is 5.84 Å². The normalized spacial score (nSPS) is 21.0. The zero-order chi connectivity index (χ0) is 15.1. The van der Waals surface area contributed by atoms with Crippen LogP contribution in [0.3, 0.4) is 0 Å². The molecule has 1 heterocycles. The predicted octanol–water partition coefficient (Wildman–Crippen LogP) is 1.26. The summed E-state index contributed by atoms with van der Waals surface area (Å²) >= 11 is 0. The summed E-state index contributed by atoms with van der Waals surface area (Å²) in [4.78, 5) is 14.4. The fourth-order valence-corrected chi connectivity index (χ4v) is 2.93. The number of carbonyl (C=O) groups is 1. The molecule has 0 saturated carbocycles. The minimum atomic E-state index is -0.239. The summed E-state index contributed by atoms with van der Waals surface area (Å²) in [6, 6.07) is 9.80. The number of nitrogens with two attached hydrogens (primary N) is 1. The molecule has 2 rings (SSSR count). The van der Waals surface area contributed by atoms with Crippen LogP contribution in [0.1, 0.15) is 31.2 Å². The molecule has 21 heavy (non-hydrogen) atoms. The van der Waals surface area contributed by atoms with E-state index in [4.69, 9.17) is 10.6 Å². The molecular formula is C16H25N3O2. The van der Waals surface area contributed by atoms with Crippen molar-refractivity contribution in [2.45, 2.75) is 31.8 Å². The Kier molecular flexibility index (Phi) is 6.17. The van der Waals surface area contributed by atoms with E-state index in [1.807, 2.05) is 37.3 Å². The Bertz CT molecular complexity index is 436. The molecule has 1 fully saturated rings. The Labute approximate surface area is 126 Å². The molecule has 2 unspecified atom stereocenters. The maximum absolute atomic E-state index is 12.1. The van der Waals surface area contributed by atoms with Crippen molar-refractivity contribution in [1.29, 1.82) is 0 Å². The molecule has 1 aromatic carbocycles. The van der Waals surface area contributed by atoms with Gasteiger partial charge in [0.1, 0.15) is 0 Å². The molecule has 5 heteroatoms. The number of amides is 1. The first kappa shape index (κ1) is 15.9. The van der Waals surface area contributed by atoms with Crippen LogP contribution in [0.2, 0.25) is 0 Å². The Morgan fingerprint density at radius 3 is 2.90 bits per heavy atom. The molecule has 0 radical (unpaired) electrons. The van der Waals surface area contributed by atoms with Crippen LogP contribution in [0.15, 0.2) is 30.3 Å². The topological polar surface area (TPSA) is 67.6 Å². The standard InChI is InChI=1S/C16H25N3O2/c1-2-21-14-9-6-10-19(11-14)12-15(16(20)18-17)13-7-4-3-5-8-13/h3-5,7-8,14-15H,2,6,9-12,17H2,1H3,(H,18,20). The maximum atomic E-state index is 12.1. The summed E-state index contributed by atoms with van der Waals surface area (Å²) in [5.74, 6) is 4.97. The van der Waals surface area contributed by atoms with Gasteiger partial charge in [-0.05, 0) is 31.9 Å². The van der Waals surface area contributed by atoms with E-state index in [2.05, 4.69) is 10.3 Å². The number of benzene rings is 1. The molecular weight excluding hydrogens is 266 g/mol. The van der Waals surface area contributed by atoms with Gasteiger partial charge in [-0.1, -0.05) is 30.3 Å². The summed E-state index contributed by atoms with van der Waals surface area (Å²) < 4.78 is 5.72. The van der Waals surface area contributed by atoms with Gasteiger partial charge < -0.3 is 4.74 Å². The fraction of sp³-hybridized carbons (Fsp3) is 0.562. The summed E-state index contributed by atoms with van der Waals surface area (Å²) in [5.41, 5.74) is 3.29. The van der Waals surface area contributed by atoms with E-state index >= 15 is 0 Å². The largest absolute Gasteiger partial charge is 0.377 e. The highest BCUT2D eigenvalue weighted by atomic mass is 16.5. The second-order valence-electron chi connectivity index (χ2n) is 5.45. The average Bonchev–Trinajstić information content (AvgIpc) is 2.53. The number of nitrogens with zero attached hydrogens (tertiary/aromatic N) is 1. The van der Waals surface area contributed by atoms with E-state index in [9.17, 15) is 4.79 Å². The van der Waals surface area contributed by atoms with Crippen LogP contribution in [-0.2, 0) is 9.53 Å². The highest BCUT2D eigenvalue weighted by molar-refractivity contribution is 5.83. The lowest BCUT2D eigenvalue weighted by molar-refractivity contribution is -0.123. The first-order valence-corrected chi connectivity index (χ1v) is 7.64.